The van der Waals surface area contributed by atoms with Gasteiger partial charge in [-0.1, -0.05) is 29.3 Å². The number of alkyl halides is 2. The number of fused-ring (bicyclic) bond motifs is 1. The maximum atomic E-state index is 13.6. The number of amides is 2. The molecular formula is C36H32Cl2F2N4O10S. The molecular weight excluding hydrogens is 789 g/mol. The molecule has 19 heteroatoms. The molecule has 1 aliphatic heterocycles. The third-order valence-electron chi connectivity index (χ3n) is 8.71. The molecule has 0 unspecified atom stereocenters. The summed E-state index contributed by atoms with van der Waals surface area (Å²) in [6, 6.07) is 10.9. The highest BCUT2D eigenvalue weighted by Crippen LogP contribution is 2.38. The first-order chi connectivity index (χ1) is 26.1. The normalized spacial score (nSPS) is 14.5. The minimum atomic E-state index is -3.93. The number of hydrogen-bond acceptors (Lipinski definition) is 11. The van der Waals surface area contributed by atoms with E-state index in [1.165, 1.54) is 49.7 Å². The van der Waals surface area contributed by atoms with Gasteiger partial charge in [0.25, 0.3) is 11.8 Å². The Balaban J connectivity index is 1.26. The number of benzene rings is 2. The molecule has 14 nitrogen and oxygen atoms in total. The van der Waals surface area contributed by atoms with Crippen molar-refractivity contribution in [2.24, 2.45) is 5.92 Å². The summed E-state index contributed by atoms with van der Waals surface area (Å²) in [4.78, 5) is 45.5. The first kappa shape index (κ1) is 39.4. The second-order valence-electron chi connectivity index (χ2n) is 12.7. The standard InChI is InChI=1S/C36H32Cl2F2N4O10S/c1-51-24-9-10-41-22(12-24)15-44(55(2,49)50)23-6-7-25-26(13-23)35(47)43(34(25)46)18-33(45)53-31(14-27-28(37)16-42(48)17-29(27)38)21-5-8-30(54-36(39)40)32(11-21)52-19-20-3-4-20/h5-13,16-17,20,31,36H,3-4,14-15,18-19H2,1-2H3/t31-/m0/s1. The molecule has 2 aromatic carbocycles. The highest BCUT2D eigenvalue weighted by molar-refractivity contribution is 7.92. The number of pyridine rings is 2. The van der Waals surface area contributed by atoms with Crippen LogP contribution in [0.5, 0.6) is 17.2 Å². The third kappa shape index (κ3) is 9.35. The summed E-state index contributed by atoms with van der Waals surface area (Å²) in [5.74, 6) is -2.39. The molecule has 2 aliphatic rings. The van der Waals surface area contributed by atoms with E-state index in [1.54, 1.807) is 12.1 Å². The van der Waals surface area contributed by atoms with Gasteiger partial charge in [0.05, 0.1) is 49.0 Å². The molecule has 1 atom stereocenters. The van der Waals surface area contributed by atoms with Gasteiger partial charge in [0.15, 0.2) is 23.9 Å². The van der Waals surface area contributed by atoms with Gasteiger partial charge in [-0.3, -0.25) is 28.6 Å². The molecule has 1 saturated carbocycles. The van der Waals surface area contributed by atoms with Gasteiger partial charge in [-0.2, -0.15) is 13.5 Å². The minimum Gasteiger partial charge on any atom is -0.619 e. The Bertz CT molecular complexity index is 2240. The second-order valence-corrected chi connectivity index (χ2v) is 15.4. The van der Waals surface area contributed by atoms with Gasteiger partial charge < -0.3 is 24.2 Å². The van der Waals surface area contributed by atoms with Crippen molar-refractivity contribution >= 4 is 56.7 Å². The molecule has 0 N–H and O–H groups in total. The van der Waals surface area contributed by atoms with Crippen molar-refractivity contribution in [1.82, 2.24) is 9.88 Å². The number of halogens is 4. The monoisotopic (exact) mass is 820 g/mol. The van der Waals surface area contributed by atoms with Crippen LogP contribution in [0, 0.1) is 11.1 Å². The highest BCUT2D eigenvalue weighted by Gasteiger charge is 2.39. The van der Waals surface area contributed by atoms with Gasteiger partial charge in [-0.05, 0) is 60.7 Å². The average molecular weight is 822 g/mol. The Kier molecular flexibility index (Phi) is 11.6. The highest BCUT2D eigenvalue weighted by atomic mass is 35.5. The second kappa shape index (κ2) is 16.2. The number of sulfonamides is 1. The molecule has 6 rings (SSSR count). The lowest BCUT2D eigenvalue weighted by atomic mass is 10.0. The summed E-state index contributed by atoms with van der Waals surface area (Å²) in [5, 5.41) is 11.8. The quantitative estimate of drug-likeness (QED) is 0.0605. The van der Waals surface area contributed by atoms with E-state index in [9.17, 15) is 36.8 Å². The lowest BCUT2D eigenvalue weighted by molar-refractivity contribution is -0.605. The Morgan fingerprint density at radius 2 is 1.75 bits per heavy atom. The van der Waals surface area contributed by atoms with E-state index >= 15 is 0 Å². The summed E-state index contributed by atoms with van der Waals surface area (Å²) in [6.07, 6.45) is 4.83. The van der Waals surface area contributed by atoms with E-state index in [-0.39, 0.29) is 75.0 Å². The summed E-state index contributed by atoms with van der Waals surface area (Å²) in [5.41, 5.74) is 0.604. The van der Waals surface area contributed by atoms with Crippen molar-refractivity contribution in [2.75, 3.05) is 30.8 Å². The van der Waals surface area contributed by atoms with E-state index in [1.807, 2.05) is 0 Å². The van der Waals surface area contributed by atoms with Crippen molar-refractivity contribution in [3.05, 3.63) is 110 Å². The number of aromatic nitrogens is 2. The smallest absolute Gasteiger partial charge is 0.387 e. The number of nitrogens with zero attached hydrogens (tertiary/aromatic N) is 4. The molecule has 2 amide bonds. The number of imide groups is 1. The zero-order valence-electron chi connectivity index (χ0n) is 29.1. The first-order valence-corrected chi connectivity index (χ1v) is 19.2. The van der Waals surface area contributed by atoms with Crippen molar-refractivity contribution in [3.8, 4) is 17.2 Å². The molecule has 0 bridgehead atoms. The third-order valence-corrected chi connectivity index (χ3v) is 10.5. The molecule has 1 fully saturated rings. The van der Waals surface area contributed by atoms with E-state index in [4.69, 9.17) is 37.4 Å². The van der Waals surface area contributed by atoms with E-state index in [0.29, 0.717) is 21.1 Å². The van der Waals surface area contributed by atoms with E-state index in [0.717, 1.165) is 35.8 Å². The van der Waals surface area contributed by atoms with Crippen LogP contribution in [0.4, 0.5) is 14.5 Å². The molecule has 55 heavy (non-hydrogen) atoms. The number of rotatable bonds is 16. The van der Waals surface area contributed by atoms with Crippen LogP contribution in [0.2, 0.25) is 10.0 Å². The Hall–Kier alpha value is -5.26. The molecule has 4 aromatic rings. The molecule has 1 aliphatic carbocycles. The number of hydrogen-bond donors (Lipinski definition) is 0. The Morgan fingerprint density at radius 3 is 2.40 bits per heavy atom. The fourth-order valence-electron chi connectivity index (χ4n) is 5.78. The van der Waals surface area contributed by atoms with Crippen LogP contribution in [-0.4, -0.2) is 69.2 Å². The number of carbonyl (C=O) groups excluding carboxylic acids is 3. The summed E-state index contributed by atoms with van der Waals surface area (Å²) in [7, 11) is -2.48. The van der Waals surface area contributed by atoms with Crippen LogP contribution in [0.3, 0.4) is 0 Å². The minimum absolute atomic E-state index is 0.0464. The van der Waals surface area contributed by atoms with Crippen LogP contribution in [0.1, 0.15) is 56.5 Å². The Labute approximate surface area is 323 Å². The lowest BCUT2D eigenvalue weighted by Crippen LogP contribution is -2.36. The van der Waals surface area contributed by atoms with Crippen LogP contribution in [0.25, 0.3) is 0 Å². The molecule has 3 heterocycles. The predicted octanol–water partition coefficient (Wildman–Crippen LogP) is 5.51. The van der Waals surface area contributed by atoms with Gasteiger partial charge in [-0.25, -0.2) is 8.42 Å². The summed E-state index contributed by atoms with van der Waals surface area (Å²) < 4.78 is 75.0. The average Bonchev–Trinajstić information content (AvgIpc) is 3.93. The molecule has 0 saturated heterocycles. The van der Waals surface area contributed by atoms with Crippen molar-refractivity contribution < 1.29 is 55.3 Å². The fourth-order valence-corrected chi connectivity index (χ4v) is 7.24. The van der Waals surface area contributed by atoms with Gasteiger partial charge in [0.2, 0.25) is 10.0 Å². The van der Waals surface area contributed by atoms with Crippen LogP contribution in [-0.2, 0) is 32.5 Å². The molecule has 0 spiro atoms. The maximum absolute atomic E-state index is 13.6. The van der Waals surface area contributed by atoms with Gasteiger partial charge in [-0.15, -0.1) is 0 Å². The number of methoxy groups -OCH3 is 1. The van der Waals surface area contributed by atoms with Crippen molar-refractivity contribution in [2.45, 2.75) is 38.5 Å². The molecule has 2 aromatic heterocycles. The van der Waals surface area contributed by atoms with Crippen molar-refractivity contribution in [3.63, 3.8) is 0 Å². The van der Waals surface area contributed by atoms with Gasteiger partial charge >= 0.3 is 12.6 Å². The number of anilines is 1. The zero-order valence-corrected chi connectivity index (χ0v) is 31.4. The van der Waals surface area contributed by atoms with Crippen LogP contribution < -0.4 is 23.2 Å². The number of esters is 1. The zero-order chi connectivity index (χ0) is 39.6. The predicted molar refractivity (Wildman–Crippen MR) is 193 cm³/mol. The molecule has 290 valence electrons. The van der Waals surface area contributed by atoms with Crippen LogP contribution in [0.15, 0.2) is 67.1 Å². The lowest BCUT2D eigenvalue weighted by Gasteiger charge is -2.23. The summed E-state index contributed by atoms with van der Waals surface area (Å²) in [6.45, 7) is -4.01. The topological polar surface area (TPSA) is 169 Å². The summed E-state index contributed by atoms with van der Waals surface area (Å²) >= 11 is 12.7. The van der Waals surface area contributed by atoms with Crippen LogP contribution >= 0.6 is 23.2 Å². The largest absolute Gasteiger partial charge is 0.619 e. The van der Waals surface area contributed by atoms with E-state index < -0.39 is 47.1 Å². The number of ether oxygens (including phenoxy) is 4. The number of carbonyl (C=O) groups is 3. The SMILES string of the molecule is COc1ccnc(CN(c2ccc3c(c2)C(=O)N(CC(=O)O[C@@H](Cc2c(Cl)c[n+]([O-])cc2Cl)c2ccc(OC(F)F)c(OCC4CC4)c2)C3=O)S(C)(=O)=O)c1. The maximum Gasteiger partial charge on any atom is 0.387 e. The molecule has 0 radical (unpaired) electrons. The first-order valence-electron chi connectivity index (χ1n) is 16.6. The van der Waals surface area contributed by atoms with Gasteiger partial charge in [0, 0.05) is 24.2 Å². The van der Waals surface area contributed by atoms with Gasteiger partial charge in [0.1, 0.15) is 28.4 Å². The fraction of sp³-hybridized carbons (Fsp3) is 0.306. The van der Waals surface area contributed by atoms with E-state index in [2.05, 4.69) is 9.72 Å². The Morgan fingerprint density at radius 1 is 1.04 bits per heavy atom. The van der Waals surface area contributed by atoms with Crippen molar-refractivity contribution in [1.29, 1.82) is 0 Å².